The second kappa shape index (κ2) is 9.46. The van der Waals surface area contributed by atoms with Crippen molar-refractivity contribution in [2.75, 3.05) is 0 Å². The molecule has 7 heteroatoms. The zero-order chi connectivity index (χ0) is 25.4. The zero-order valence-corrected chi connectivity index (χ0v) is 21.0. The van der Waals surface area contributed by atoms with Crippen LogP contribution in [-0.2, 0) is 11.2 Å². The van der Waals surface area contributed by atoms with E-state index in [1.165, 1.54) is 0 Å². The van der Waals surface area contributed by atoms with E-state index in [2.05, 4.69) is 17.2 Å². The van der Waals surface area contributed by atoms with E-state index in [4.69, 9.17) is 5.73 Å². The average Bonchev–Trinajstić information content (AvgIpc) is 3.07. The van der Waals surface area contributed by atoms with Crippen molar-refractivity contribution < 1.29 is 14.7 Å². The lowest BCUT2D eigenvalue weighted by Gasteiger charge is -2.39. The first-order valence-corrected chi connectivity index (χ1v) is 12.5. The van der Waals surface area contributed by atoms with Crippen LogP contribution in [0.1, 0.15) is 92.5 Å². The molecule has 4 rings (SSSR count). The van der Waals surface area contributed by atoms with Crippen molar-refractivity contribution in [3.05, 3.63) is 70.8 Å². The summed E-state index contributed by atoms with van der Waals surface area (Å²) in [6.45, 7) is 7.76. The smallest absolute Gasteiger partial charge is 0.251 e. The van der Waals surface area contributed by atoms with Crippen LogP contribution >= 0.6 is 0 Å². The van der Waals surface area contributed by atoms with Gasteiger partial charge in [-0.3, -0.25) is 14.5 Å². The zero-order valence-electron chi connectivity index (χ0n) is 21.0. The number of hydrogen-bond donors (Lipinski definition) is 3. The van der Waals surface area contributed by atoms with Gasteiger partial charge in [-0.05, 0) is 55.5 Å². The molecule has 7 nitrogen and oxygen atoms in total. The highest BCUT2D eigenvalue weighted by Crippen LogP contribution is 2.39. The minimum atomic E-state index is -1.07. The van der Waals surface area contributed by atoms with Gasteiger partial charge in [0.2, 0.25) is 5.91 Å². The molecule has 35 heavy (non-hydrogen) atoms. The molecule has 1 aliphatic heterocycles. The molecular weight excluding hydrogens is 440 g/mol. The molecular formula is C28H36N4O3. The van der Waals surface area contributed by atoms with Crippen LogP contribution in [0.3, 0.4) is 0 Å². The number of amides is 2. The van der Waals surface area contributed by atoms with Gasteiger partial charge in [0.1, 0.15) is 0 Å². The van der Waals surface area contributed by atoms with Crippen LogP contribution in [0.4, 0.5) is 0 Å². The summed E-state index contributed by atoms with van der Waals surface area (Å²) < 4.78 is 0. The number of rotatable bonds is 7. The summed E-state index contributed by atoms with van der Waals surface area (Å²) in [5.41, 5.74) is 8.06. The van der Waals surface area contributed by atoms with Crippen LogP contribution < -0.4 is 11.1 Å². The van der Waals surface area contributed by atoms with Gasteiger partial charge in [-0.2, -0.15) is 0 Å². The van der Waals surface area contributed by atoms with Gasteiger partial charge in [0.05, 0.1) is 29.6 Å². The lowest BCUT2D eigenvalue weighted by atomic mass is 9.91. The molecule has 0 saturated heterocycles. The Balaban J connectivity index is 1.62. The molecule has 4 N–H and O–H groups in total. The van der Waals surface area contributed by atoms with Gasteiger partial charge in [-0.1, -0.05) is 56.7 Å². The van der Waals surface area contributed by atoms with Gasteiger partial charge in [-0.15, -0.1) is 0 Å². The Hall–Kier alpha value is -3.19. The Labute approximate surface area is 207 Å². The lowest BCUT2D eigenvalue weighted by molar-refractivity contribution is -0.131. The largest absolute Gasteiger partial charge is 0.387 e. The number of fused-ring (bicyclic) bond motifs is 1. The van der Waals surface area contributed by atoms with E-state index in [0.29, 0.717) is 24.8 Å². The first-order chi connectivity index (χ1) is 16.6. The maximum Gasteiger partial charge on any atom is 0.251 e. The van der Waals surface area contributed by atoms with E-state index < -0.39 is 17.2 Å². The molecule has 0 saturated carbocycles. The van der Waals surface area contributed by atoms with E-state index >= 15 is 0 Å². The van der Waals surface area contributed by atoms with Gasteiger partial charge >= 0.3 is 0 Å². The predicted octanol–water partition coefficient (Wildman–Crippen LogP) is 4.02. The minimum Gasteiger partial charge on any atom is -0.387 e. The van der Waals surface area contributed by atoms with E-state index in [1.807, 2.05) is 56.3 Å². The molecule has 0 spiro atoms. The summed E-state index contributed by atoms with van der Waals surface area (Å²) in [6.07, 6.45) is 3.06. The third-order valence-electron chi connectivity index (χ3n) is 7.41. The summed E-state index contributed by atoms with van der Waals surface area (Å²) >= 11 is 0. The predicted molar refractivity (Wildman–Crippen MR) is 137 cm³/mol. The fraction of sp³-hybridized carbons (Fsp3) is 0.464. The van der Waals surface area contributed by atoms with Gasteiger partial charge in [0.25, 0.3) is 5.91 Å². The van der Waals surface area contributed by atoms with Crippen molar-refractivity contribution in [2.45, 2.75) is 83.0 Å². The molecule has 0 fully saturated rings. The highest BCUT2D eigenvalue weighted by molar-refractivity contribution is 5.99. The minimum absolute atomic E-state index is 0.0474. The molecule has 186 valence electrons. The number of guanidine groups is 1. The van der Waals surface area contributed by atoms with Crippen LogP contribution in [-0.4, -0.2) is 38.9 Å². The Morgan fingerprint density at radius 1 is 1.20 bits per heavy atom. The van der Waals surface area contributed by atoms with E-state index in [-0.39, 0.29) is 23.8 Å². The van der Waals surface area contributed by atoms with Gasteiger partial charge in [0, 0.05) is 12.0 Å². The standard InChI is InChI=1S/C28H36N4O3/c1-5-10-22(32-23(33)17-27(3,6-2)31-26(32)29)18-12-9-13-19(15-18)25(34)30-24-21-14-8-7-11-20(21)16-28(24,4)35/h7-9,11-15,22,24,35H,5-6,10,16-17H2,1-4H3,(H2,29,31)(H,30,34)/t22-,24?,27?,28?/m1/s1. The number of hydrogen-bond acceptors (Lipinski definition) is 5. The highest BCUT2D eigenvalue weighted by Gasteiger charge is 2.42. The summed E-state index contributed by atoms with van der Waals surface area (Å²) in [5.74, 6) is -0.0828. The third-order valence-corrected chi connectivity index (χ3v) is 7.41. The summed E-state index contributed by atoms with van der Waals surface area (Å²) in [6, 6.07) is 14.3. The van der Waals surface area contributed by atoms with E-state index in [9.17, 15) is 14.7 Å². The molecule has 4 atom stereocenters. The molecule has 2 aliphatic rings. The number of nitrogens with one attached hydrogen (secondary N) is 1. The van der Waals surface area contributed by atoms with Crippen LogP contribution in [0.15, 0.2) is 53.5 Å². The lowest BCUT2D eigenvalue weighted by Crippen LogP contribution is -2.51. The van der Waals surface area contributed by atoms with E-state index in [0.717, 1.165) is 29.5 Å². The number of benzene rings is 2. The monoisotopic (exact) mass is 476 g/mol. The Kier molecular flexibility index (Phi) is 6.73. The van der Waals surface area contributed by atoms with Gasteiger partial charge < -0.3 is 16.2 Å². The molecule has 1 aliphatic carbocycles. The first-order valence-electron chi connectivity index (χ1n) is 12.5. The molecule has 0 radical (unpaired) electrons. The highest BCUT2D eigenvalue weighted by atomic mass is 16.3. The van der Waals surface area contributed by atoms with Crippen molar-refractivity contribution >= 4 is 17.8 Å². The number of carbonyl (C=O) groups is 2. The molecule has 2 aromatic rings. The number of aliphatic imine (C=N–C) groups is 1. The Morgan fingerprint density at radius 3 is 2.63 bits per heavy atom. The van der Waals surface area contributed by atoms with E-state index in [1.54, 1.807) is 17.9 Å². The molecule has 2 aromatic carbocycles. The first kappa shape index (κ1) is 24.9. The van der Waals surface area contributed by atoms with Gasteiger partial charge in [-0.25, -0.2) is 4.99 Å². The molecule has 0 aromatic heterocycles. The molecule has 2 amide bonds. The molecule has 0 bridgehead atoms. The summed E-state index contributed by atoms with van der Waals surface area (Å²) in [4.78, 5) is 32.7. The second-order valence-electron chi connectivity index (χ2n) is 10.3. The van der Waals surface area contributed by atoms with Crippen molar-refractivity contribution in [2.24, 2.45) is 10.7 Å². The van der Waals surface area contributed by atoms with Crippen molar-refractivity contribution in [1.29, 1.82) is 0 Å². The topological polar surface area (TPSA) is 108 Å². The Bertz CT molecular complexity index is 1160. The average molecular weight is 477 g/mol. The summed E-state index contributed by atoms with van der Waals surface area (Å²) in [5, 5.41) is 14.0. The maximum absolute atomic E-state index is 13.3. The number of aliphatic hydroxyl groups is 1. The van der Waals surface area contributed by atoms with Crippen LogP contribution in [0.25, 0.3) is 0 Å². The number of nitrogens with two attached hydrogens (primary N) is 1. The van der Waals surface area contributed by atoms with Crippen LogP contribution in [0.2, 0.25) is 0 Å². The number of carbonyl (C=O) groups excluding carboxylic acids is 2. The third kappa shape index (κ3) is 4.82. The fourth-order valence-corrected chi connectivity index (χ4v) is 5.30. The maximum atomic E-state index is 13.3. The summed E-state index contributed by atoms with van der Waals surface area (Å²) in [7, 11) is 0. The molecule has 1 heterocycles. The normalized spacial score (nSPS) is 26.8. The van der Waals surface area contributed by atoms with Crippen molar-refractivity contribution in [3.63, 3.8) is 0 Å². The Morgan fingerprint density at radius 2 is 1.94 bits per heavy atom. The van der Waals surface area contributed by atoms with Gasteiger partial charge in [0.15, 0.2) is 5.96 Å². The fourth-order valence-electron chi connectivity index (χ4n) is 5.30. The van der Waals surface area contributed by atoms with Crippen molar-refractivity contribution in [1.82, 2.24) is 10.2 Å². The molecule has 3 unspecified atom stereocenters. The second-order valence-corrected chi connectivity index (χ2v) is 10.3. The van der Waals surface area contributed by atoms with Crippen molar-refractivity contribution in [3.8, 4) is 0 Å². The quantitative estimate of drug-likeness (QED) is 0.561. The van der Waals surface area contributed by atoms with Crippen LogP contribution in [0, 0.1) is 0 Å². The SMILES string of the molecule is CCC[C@H](c1cccc(C(=O)NC2c3ccccc3CC2(C)O)c1)N1C(=O)CC(C)(CC)N=C1N. The number of nitrogens with zero attached hydrogens (tertiary/aromatic N) is 2. The van der Waals surface area contributed by atoms with Crippen LogP contribution in [0.5, 0.6) is 0 Å².